The Bertz CT molecular complexity index is 463. The van der Waals surface area contributed by atoms with Crippen molar-refractivity contribution in [2.45, 2.75) is 20.0 Å². The molecular weight excluding hydrogens is 192 g/mol. The molecule has 0 saturated heterocycles. The van der Waals surface area contributed by atoms with Crippen LogP contribution in [-0.2, 0) is 0 Å². The summed E-state index contributed by atoms with van der Waals surface area (Å²) in [5.41, 5.74) is 2.00. The highest BCUT2D eigenvalue weighted by Crippen LogP contribution is 2.21. The van der Waals surface area contributed by atoms with Gasteiger partial charge in [0.25, 0.3) is 5.89 Å². The summed E-state index contributed by atoms with van der Waals surface area (Å²) in [6.07, 6.45) is -0.727. The van der Waals surface area contributed by atoms with Crippen molar-refractivity contribution in [1.29, 1.82) is 0 Å². The Hall–Kier alpha value is -1.68. The van der Waals surface area contributed by atoms with Gasteiger partial charge in [0.05, 0.1) is 0 Å². The van der Waals surface area contributed by atoms with Gasteiger partial charge in [-0.1, -0.05) is 29.4 Å². The van der Waals surface area contributed by atoms with Gasteiger partial charge in [0, 0.05) is 5.56 Å². The fourth-order valence-electron chi connectivity index (χ4n) is 1.34. The summed E-state index contributed by atoms with van der Waals surface area (Å²) in [7, 11) is 0. The van der Waals surface area contributed by atoms with Gasteiger partial charge < -0.3 is 9.63 Å². The molecule has 1 atom stereocenters. The normalized spacial score (nSPS) is 12.7. The van der Waals surface area contributed by atoms with E-state index in [1.165, 1.54) is 0 Å². The Morgan fingerprint density at radius 1 is 1.33 bits per heavy atom. The van der Waals surface area contributed by atoms with E-state index in [-0.39, 0.29) is 5.89 Å². The summed E-state index contributed by atoms with van der Waals surface area (Å²) in [5.74, 6) is 0.761. The molecule has 1 aromatic heterocycles. The third kappa shape index (κ3) is 1.89. The van der Waals surface area contributed by atoms with Gasteiger partial charge in [-0.05, 0) is 19.4 Å². The van der Waals surface area contributed by atoms with E-state index in [9.17, 15) is 5.11 Å². The number of benzene rings is 1. The Kier molecular flexibility index (Phi) is 2.51. The van der Waals surface area contributed by atoms with Crippen molar-refractivity contribution in [3.63, 3.8) is 0 Å². The van der Waals surface area contributed by atoms with Gasteiger partial charge >= 0.3 is 0 Å². The number of aliphatic hydroxyl groups excluding tert-OH is 1. The molecular formula is C11H12N2O2. The molecule has 4 heteroatoms. The van der Waals surface area contributed by atoms with Crippen molar-refractivity contribution in [2.75, 3.05) is 0 Å². The molecule has 0 radical (unpaired) electrons. The zero-order valence-corrected chi connectivity index (χ0v) is 8.64. The van der Waals surface area contributed by atoms with Crippen molar-refractivity contribution < 1.29 is 9.63 Å². The second-order valence-electron chi connectivity index (χ2n) is 3.45. The summed E-state index contributed by atoms with van der Waals surface area (Å²) in [5, 5.41) is 13.1. The monoisotopic (exact) mass is 204 g/mol. The lowest BCUT2D eigenvalue weighted by molar-refractivity contribution is 0.152. The van der Waals surface area contributed by atoms with E-state index in [1.54, 1.807) is 6.92 Å². The minimum absolute atomic E-state index is 0.244. The zero-order valence-electron chi connectivity index (χ0n) is 8.64. The summed E-state index contributed by atoms with van der Waals surface area (Å²) in [6, 6.07) is 7.77. The topological polar surface area (TPSA) is 59.2 Å². The maximum atomic E-state index is 9.26. The van der Waals surface area contributed by atoms with E-state index in [0.29, 0.717) is 5.82 Å². The second kappa shape index (κ2) is 3.82. The Balaban J connectivity index is 2.42. The summed E-state index contributed by atoms with van der Waals surface area (Å²) in [6.45, 7) is 3.57. The van der Waals surface area contributed by atoms with E-state index in [4.69, 9.17) is 4.52 Å². The van der Waals surface area contributed by atoms with Crippen molar-refractivity contribution in [3.8, 4) is 11.4 Å². The highest BCUT2D eigenvalue weighted by molar-refractivity contribution is 5.58. The van der Waals surface area contributed by atoms with Crippen LogP contribution in [0.15, 0.2) is 28.8 Å². The average molecular weight is 204 g/mol. The molecule has 0 aliphatic carbocycles. The molecule has 1 N–H and O–H groups in total. The van der Waals surface area contributed by atoms with Gasteiger partial charge in [-0.25, -0.2) is 0 Å². The maximum Gasteiger partial charge on any atom is 0.255 e. The number of aryl methyl sites for hydroxylation is 1. The van der Waals surface area contributed by atoms with Gasteiger partial charge in [0.1, 0.15) is 6.10 Å². The van der Waals surface area contributed by atoms with Crippen LogP contribution >= 0.6 is 0 Å². The number of hydrogen-bond donors (Lipinski definition) is 1. The van der Waals surface area contributed by atoms with Gasteiger partial charge in [-0.2, -0.15) is 4.98 Å². The Labute approximate surface area is 87.6 Å². The zero-order chi connectivity index (χ0) is 10.8. The van der Waals surface area contributed by atoms with Crippen molar-refractivity contribution >= 4 is 0 Å². The van der Waals surface area contributed by atoms with E-state index >= 15 is 0 Å². The van der Waals surface area contributed by atoms with Crippen molar-refractivity contribution in [1.82, 2.24) is 10.1 Å². The first kappa shape index (κ1) is 9.86. The second-order valence-corrected chi connectivity index (χ2v) is 3.45. The quantitative estimate of drug-likeness (QED) is 0.813. The van der Waals surface area contributed by atoms with Gasteiger partial charge in [-0.3, -0.25) is 0 Å². The lowest BCUT2D eigenvalue weighted by Crippen LogP contribution is -1.91. The molecule has 15 heavy (non-hydrogen) atoms. The molecule has 1 heterocycles. The molecule has 2 aromatic rings. The highest BCUT2D eigenvalue weighted by atomic mass is 16.5. The van der Waals surface area contributed by atoms with E-state index in [2.05, 4.69) is 10.1 Å². The summed E-state index contributed by atoms with van der Waals surface area (Å²) >= 11 is 0. The van der Waals surface area contributed by atoms with Crippen LogP contribution in [0, 0.1) is 6.92 Å². The predicted molar refractivity (Wildman–Crippen MR) is 55.1 cm³/mol. The lowest BCUT2D eigenvalue weighted by Gasteiger charge is -1.98. The number of rotatable bonds is 2. The Morgan fingerprint density at radius 2 is 2.07 bits per heavy atom. The molecule has 0 fully saturated rings. The van der Waals surface area contributed by atoms with Gasteiger partial charge in [-0.15, -0.1) is 0 Å². The van der Waals surface area contributed by atoms with Crippen LogP contribution in [0.2, 0.25) is 0 Å². The average Bonchev–Trinajstić information content (AvgIpc) is 2.67. The standard InChI is InChI=1S/C11H12N2O2/c1-7-5-3-4-6-9(7)10-12-11(8(2)14)15-13-10/h3-6,8,14H,1-2H3. The lowest BCUT2D eigenvalue weighted by atomic mass is 10.1. The first-order valence-corrected chi connectivity index (χ1v) is 4.76. The molecule has 0 aliphatic heterocycles. The first-order valence-electron chi connectivity index (χ1n) is 4.76. The smallest absolute Gasteiger partial charge is 0.255 e. The fraction of sp³-hybridized carbons (Fsp3) is 0.273. The third-order valence-electron chi connectivity index (χ3n) is 2.19. The van der Waals surface area contributed by atoms with Crippen molar-refractivity contribution in [3.05, 3.63) is 35.7 Å². The molecule has 2 rings (SSSR count). The SMILES string of the molecule is Cc1ccccc1-c1noc(C(C)O)n1. The van der Waals surface area contributed by atoms with Crippen LogP contribution in [0.5, 0.6) is 0 Å². The number of nitrogens with zero attached hydrogens (tertiary/aromatic N) is 2. The highest BCUT2D eigenvalue weighted by Gasteiger charge is 2.13. The van der Waals surface area contributed by atoms with Gasteiger partial charge in [0.2, 0.25) is 5.82 Å². The molecule has 0 bridgehead atoms. The molecule has 4 nitrogen and oxygen atoms in total. The van der Waals surface area contributed by atoms with Crippen LogP contribution in [0.4, 0.5) is 0 Å². The molecule has 78 valence electrons. The van der Waals surface area contributed by atoms with Crippen LogP contribution in [0.3, 0.4) is 0 Å². The van der Waals surface area contributed by atoms with Crippen LogP contribution < -0.4 is 0 Å². The molecule has 0 aliphatic rings. The largest absolute Gasteiger partial charge is 0.384 e. The molecule has 0 amide bonds. The first-order chi connectivity index (χ1) is 7.18. The summed E-state index contributed by atoms with van der Waals surface area (Å²) in [4.78, 5) is 4.11. The number of aliphatic hydroxyl groups is 1. The molecule has 1 aromatic carbocycles. The minimum Gasteiger partial charge on any atom is -0.384 e. The van der Waals surface area contributed by atoms with E-state index in [1.807, 2.05) is 31.2 Å². The van der Waals surface area contributed by atoms with Crippen LogP contribution in [0.25, 0.3) is 11.4 Å². The number of aromatic nitrogens is 2. The third-order valence-corrected chi connectivity index (χ3v) is 2.19. The maximum absolute atomic E-state index is 9.26. The number of hydrogen-bond acceptors (Lipinski definition) is 4. The molecule has 0 spiro atoms. The van der Waals surface area contributed by atoms with Crippen molar-refractivity contribution in [2.24, 2.45) is 0 Å². The van der Waals surface area contributed by atoms with Crippen LogP contribution in [0.1, 0.15) is 24.5 Å². The summed E-state index contributed by atoms with van der Waals surface area (Å²) < 4.78 is 4.92. The van der Waals surface area contributed by atoms with Gasteiger partial charge in [0.15, 0.2) is 0 Å². The van der Waals surface area contributed by atoms with E-state index < -0.39 is 6.10 Å². The van der Waals surface area contributed by atoms with E-state index in [0.717, 1.165) is 11.1 Å². The fourth-order valence-corrected chi connectivity index (χ4v) is 1.34. The van der Waals surface area contributed by atoms with Crippen LogP contribution in [-0.4, -0.2) is 15.2 Å². The minimum atomic E-state index is -0.727. The molecule has 0 saturated carbocycles. The Morgan fingerprint density at radius 3 is 2.67 bits per heavy atom. The molecule has 1 unspecified atom stereocenters. The predicted octanol–water partition coefficient (Wildman–Crippen LogP) is 2.10.